The maximum Gasteiger partial charge on any atom is 0.254 e. The van der Waals surface area contributed by atoms with Gasteiger partial charge in [-0.05, 0) is 43.0 Å². The van der Waals surface area contributed by atoms with E-state index in [-0.39, 0.29) is 17.7 Å². The van der Waals surface area contributed by atoms with Crippen molar-refractivity contribution in [2.24, 2.45) is 5.92 Å². The van der Waals surface area contributed by atoms with Gasteiger partial charge >= 0.3 is 0 Å². The van der Waals surface area contributed by atoms with Crippen molar-refractivity contribution < 1.29 is 14.3 Å². The molecule has 0 aromatic heterocycles. The zero-order valence-corrected chi connectivity index (χ0v) is 15.9. The van der Waals surface area contributed by atoms with Gasteiger partial charge in [-0.3, -0.25) is 9.59 Å². The van der Waals surface area contributed by atoms with Gasteiger partial charge in [0.25, 0.3) is 5.91 Å². The number of likely N-dealkylation sites (tertiary alicyclic amines) is 1. The molecule has 27 heavy (non-hydrogen) atoms. The van der Waals surface area contributed by atoms with Crippen LogP contribution < -0.4 is 10.1 Å². The van der Waals surface area contributed by atoms with Crippen LogP contribution in [0, 0.1) is 5.92 Å². The second kappa shape index (κ2) is 8.71. The summed E-state index contributed by atoms with van der Waals surface area (Å²) in [7, 11) is 0. The summed E-state index contributed by atoms with van der Waals surface area (Å²) in [4.78, 5) is 27.5. The number of carbonyl (C=O) groups is 2. The molecule has 1 aliphatic rings. The first-order valence-electron chi connectivity index (χ1n) is 9.44. The summed E-state index contributed by atoms with van der Waals surface area (Å²) in [5, 5.41) is 2.97. The molecule has 2 amide bonds. The molecule has 1 saturated heterocycles. The van der Waals surface area contributed by atoms with Crippen molar-refractivity contribution in [1.82, 2.24) is 10.2 Å². The summed E-state index contributed by atoms with van der Waals surface area (Å²) in [6.45, 7) is 5.57. The quantitative estimate of drug-likeness (QED) is 0.854. The maximum absolute atomic E-state index is 13.0. The fraction of sp³-hybridized carbons (Fsp3) is 0.364. The molecule has 2 atom stereocenters. The Balaban J connectivity index is 1.70. The first-order chi connectivity index (χ1) is 13.1. The highest BCUT2D eigenvalue weighted by atomic mass is 16.5. The third-order valence-electron chi connectivity index (χ3n) is 4.78. The molecule has 0 saturated carbocycles. The van der Waals surface area contributed by atoms with E-state index in [1.165, 1.54) is 0 Å². The minimum Gasteiger partial charge on any atom is -0.494 e. The average Bonchev–Trinajstić information content (AvgIpc) is 3.08. The van der Waals surface area contributed by atoms with E-state index < -0.39 is 6.04 Å². The Labute approximate surface area is 160 Å². The van der Waals surface area contributed by atoms with E-state index in [1.54, 1.807) is 17.0 Å². The molecule has 0 radical (unpaired) electrons. The second-order valence-electron chi connectivity index (χ2n) is 6.98. The summed E-state index contributed by atoms with van der Waals surface area (Å²) in [5.41, 5.74) is 1.59. The van der Waals surface area contributed by atoms with Crippen LogP contribution in [0.25, 0.3) is 0 Å². The molecule has 1 aliphatic heterocycles. The normalized spacial score (nSPS) is 19.0. The molecule has 0 unspecified atom stereocenters. The predicted octanol–water partition coefficient (Wildman–Crippen LogP) is 3.25. The van der Waals surface area contributed by atoms with Crippen molar-refractivity contribution in [1.29, 1.82) is 0 Å². The van der Waals surface area contributed by atoms with E-state index in [0.717, 1.165) is 5.56 Å². The number of hydrogen-bond acceptors (Lipinski definition) is 3. The lowest BCUT2D eigenvalue weighted by atomic mass is 10.1. The molecule has 3 rings (SSSR count). The molecule has 1 heterocycles. The first kappa shape index (κ1) is 19.0. The molecular weight excluding hydrogens is 340 g/mol. The van der Waals surface area contributed by atoms with Crippen molar-refractivity contribution in [3.05, 3.63) is 65.7 Å². The van der Waals surface area contributed by atoms with Crippen molar-refractivity contribution in [3.8, 4) is 5.75 Å². The molecular formula is C22H26N2O3. The van der Waals surface area contributed by atoms with E-state index in [2.05, 4.69) is 12.2 Å². The van der Waals surface area contributed by atoms with Gasteiger partial charge in [0.15, 0.2) is 0 Å². The number of nitrogens with one attached hydrogen (secondary N) is 1. The van der Waals surface area contributed by atoms with Gasteiger partial charge in [0.05, 0.1) is 6.61 Å². The van der Waals surface area contributed by atoms with Crippen LogP contribution >= 0.6 is 0 Å². The Bertz CT molecular complexity index is 791. The summed E-state index contributed by atoms with van der Waals surface area (Å²) >= 11 is 0. The van der Waals surface area contributed by atoms with Crippen LogP contribution in [0.15, 0.2) is 54.6 Å². The molecule has 1 N–H and O–H groups in total. The number of ether oxygens (including phenoxy) is 1. The van der Waals surface area contributed by atoms with Gasteiger partial charge in [0.2, 0.25) is 5.91 Å². The summed E-state index contributed by atoms with van der Waals surface area (Å²) < 4.78 is 5.49. The van der Waals surface area contributed by atoms with E-state index >= 15 is 0 Å². The van der Waals surface area contributed by atoms with E-state index in [1.807, 2.05) is 49.4 Å². The Morgan fingerprint density at radius 3 is 2.67 bits per heavy atom. The van der Waals surface area contributed by atoms with E-state index in [0.29, 0.717) is 37.4 Å². The SMILES string of the molecule is CCOc1cccc(C(=O)N2C[C@H](C)C[C@H]2C(=O)NCc2ccccc2)c1. The van der Waals surface area contributed by atoms with Crippen LogP contribution in [0.5, 0.6) is 5.75 Å². The van der Waals surface area contributed by atoms with Crippen LogP contribution in [0.3, 0.4) is 0 Å². The van der Waals surface area contributed by atoms with Gasteiger partial charge in [-0.25, -0.2) is 0 Å². The lowest BCUT2D eigenvalue weighted by Crippen LogP contribution is -2.45. The van der Waals surface area contributed by atoms with Crippen LogP contribution in [0.4, 0.5) is 0 Å². The number of amides is 2. The van der Waals surface area contributed by atoms with E-state index in [4.69, 9.17) is 4.74 Å². The number of hydrogen-bond donors (Lipinski definition) is 1. The third kappa shape index (κ3) is 4.67. The van der Waals surface area contributed by atoms with Gasteiger partial charge in [0.1, 0.15) is 11.8 Å². The van der Waals surface area contributed by atoms with E-state index in [9.17, 15) is 9.59 Å². The molecule has 2 aromatic carbocycles. The van der Waals surface area contributed by atoms with Gasteiger partial charge in [-0.2, -0.15) is 0 Å². The highest BCUT2D eigenvalue weighted by molar-refractivity contribution is 5.98. The van der Waals surface area contributed by atoms with Gasteiger partial charge in [-0.15, -0.1) is 0 Å². The Kier molecular flexibility index (Phi) is 6.12. The van der Waals surface area contributed by atoms with Crippen LogP contribution in [-0.4, -0.2) is 35.9 Å². The van der Waals surface area contributed by atoms with Crippen molar-refractivity contribution >= 4 is 11.8 Å². The fourth-order valence-electron chi connectivity index (χ4n) is 3.47. The minimum absolute atomic E-state index is 0.0995. The van der Waals surface area contributed by atoms with Crippen molar-refractivity contribution in [2.75, 3.05) is 13.2 Å². The van der Waals surface area contributed by atoms with Crippen molar-refractivity contribution in [3.63, 3.8) is 0 Å². The van der Waals surface area contributed by atoms with Crippen molar-refractivity contribution in [2.45, 2.75) is 32.9 Å². The molecule has 5 heteroatoms. The topological polar surface area (TPSA) is 58.6 Å². The summed E-state index contributed by atoms with van der Waals surface area (Å²) in [5.74, 6) is 0.732. The summed E-state index contributed by atoms with van der Waals surface area (Å²) in [6.07, 6.45) is 0.678. The average molecular weight is 366 g/mol. The number of nitrogens with zero attached hydrogens (tertiary/aromatic N) is 1. The number of benzene rings is 2. The first-order valence-corrected chi connectivity index (χ1v) is 9.44. The minimum atomic E-state index is -0.438. The number of carbonyl (C=O) groups excluding carboxylic acids is 2. The van der Waals surface area contributed by atoms with Crippen LogP contribution in [0.1, 0.15) is 36.2 Å². The smallest absolute Gasteiger partial charge is 0.254 e. The maximum atomic E-state index is 13.0. The molecule has 142 valence electrons. The zero-order valence-electron chi connectivity index (χ0n) is 15.9. The molecule has 2 aromatic rings. The zero-order chi connectivity index (χ0) is 19.2. The van der Waals surface area contributed by atoms with Crippen LogP contribution in [0.2, 0.25) is 0 Å². The standard InChI is InChI=1S/C22H26N2O3/c1-3-27-19-11-7-10-18(13-19)22(26)24-15-16(2)12-20(24)21(25)23-14-17-8-5-4-6-9-17/h4-11,13,16,20H,3,12,14-15H2,1-2H3,(H,23,25)/t16-,20+/m1/s1. The largest absolute Gasteiger partial charge is 0.494 e. The third-order valence-corrected chi connectivity index (χ3v) is 4.78. The Morgan fingerprint density at radius 1 is 1.15 bits per heavy atom. The highest BCUT2D eigenvalue weighted by Crippen LogP contribution is 2.26. The summed E-state index contributed by atoms with van der Waals surface area (Å²) in [6, 6.07) is 16.5. The molecule has 0 aliphatic carbocycles. The van der Waals surface area contributed by atoms with Gasteiger partial charge in [-0.1, -0.05) is 43.3 Å². The number of rotatable bonds is 6. The molecule has 0 spiro atoms. The van der Waals surface area contributed by atoms with Crippen LogP contribution in [-0.2, 0) is 11.3 Å². The Hall–Kier alpha value is -2.82. The fourth-order valence-corrected chi connectivity index (χ4v) is 3.47. The van der Waals surface area contributed by atoms with Gasteiger partial charge < -0.3 is 15.0 Å². The Morgan fingerprint density at radius 2 is 1.93 bits per heavy atom. The lowest BCUT2D eigenvalue weighted by Gasteiger charge is -2.24. The molecule has 5 nitrogen and oxygen atoms in total. The van der Waals surface area contributed by atoms with Gasteiger partial charge in [0, 0.05) is 18.7 Å². The highest BCUT2D eigenvalue weighted by Gasteiger charge is 2.38. The second-order valence-corrected chi connectivity index (χ2v) is 6.98. The molecule has 1 fully saturated rings. The lowest BCUT2D eigenvalue weighted by molar-refractivity contribution is -0.125. The predicted molar refractivity (Wildman–Crippen MR) is 105 cm³/mol. The molecule has 0 bridgehead atoms. The monoisotopic (exact) mass is 366 g/mol.